The summed E-state index contributed by atoms with van der Waals surface area (Å²) >= 11 is 7.59. The van der Waals surface area contributed by atoms with Gasteiger partial charge in [0.2, 0.25) is 0 Å². The minimum absolute atomic E-state index is 0.113. The molecule has 18 heavy (non-hydrogen) atoms. The maximum atomic E-state index is 12.3. The van der Waals surface area contributed by atoms with Gasteiger partial charge in [0.05, 0.1) is 19.8 Å². The molecule has 0 spiro atoms. The van der Waals surface area contributed by atoms with Gasteiger partial charge >= 0.3 is 0 Å². The first-order valence-corrected chi connectivity index (χ1v) is 6.48. The quantitative estimate of drug-likeness (QED) is 0.803. The molecule has 5 heteroatoms. The molecular formula is C13H11ClO3S. The second kappa shape index (κ2) is 5.42. The molecule has 0 aliphatic heterocycles. The lowest BCUT2D eigenvalue weighted by molar-refractivity contribution is 0.103. The number of rotatable bonds is 4. The summed E-state index contributed by atoms with van der Waals surface area (Å²) in [7, 11) is 2.99. The van der Waals surface area contributed by atoms with Crippen molar-refractivity contribution in [3.05, 3.63) is 45.1 Å². The zero-order chi connectivity index (χ0) is 13.1. The largest absolute Gasteiger partial charge is 0.495 e. The minimum atomic E-state index is -0.113. The molecule has 0 unspecified atom stereocenters. The van der Waals surface area contributed by atoms with Crippen LogP contribution < -0.4 is 9.47 Å². The van der Waals surface area contributed by atoms with E-state index in [1.54, 1.807) is 23.6 Å². The van der Waals surface area contributed by atoms with Crippen molar-refractivity contribution in [2.24, 2.45) is 0 Å². The molecule has 0 saturated carbocycles. The molecule has 1 aromatic heterocycles. The lowest BCUT2D eigenvalue weighted by Crippen LogP contribution is -2.04. The van der Waals surface area contributed by atoms with E-state index in [9.17, 15) is 4.79 Å². The molecule has 0 N–H and O–H groups in total. The third-order valence-electron chi connectivity index (χ3n) is 2.51. The molecule has 0 radical (unpaired) electrons. The zero-order valence-corrected chi connectivity index (χ0v) is 11.5. The fraction of sp³-hybridized carbons (Fsp3) is 0.154. The molecule has 1 aromatic carbocycles. The molecule has 0 aliphatic rings. The van der Waals surface area contributed by atoms with E-state index in [-0.39, 0.29) is 5.78 Å². The molecule has 0 fully saturated rings. The Morgan fingerprint density at radius 3 is 2.56 bits per heavy atom. The van der Waals surface area contributed by atoms with E-state index in [4.69, 9.17) is 21.1 Å². The fourth-order valence-corrected chi connectivity index (χ4v) is 2.58. The van der Waals surface area contributed by atoms with Crippen LogP contribution in [0, 0.1) is 0 Å². The smallest absolute Gasteiger partial charge is 0.197 e. The van der Waals surface area contributed by atoms with Gasteiger partial charge in [0.25, 0.3) is 0 Å². The van der Waals surface area contributed by atoms with Crippen molar-refractivity contribution in [3.63, 3.8) is 0 Å². The maximum absolute atomic E-state index is 12.3. The second-order valence-corrected chi connectivity index (χ2v) is 4.66. The van der Waals surface area contributed by atoms with Crippen LogP contribution in [0.1, 0.15) is 15.9 Å². The molecule has 2 rings (SSSR count). The number of ether oxygens (including phenoxy) is 2. The van der Waals surface area contributed by atoms with E-state index in [1.807, 2.05) is 5.38 Å². The lowest BCUT2D eigenvalue weighted by Gasteiger charge is -2.11. The number of hydrogen-bond acceptors (Lipinski definition) is 4. The number of hydrogen-bond donors (Lipinski definition) is 0. The predicted octanol–water partition coefficient (Wildman–Crippen LogP) is 3.65. The summed E-state index contributed by atoms with van der Waals surface area (Å²) in [4.78, 5) is 12.3. The summed E-state index contributed by atoms with van der Waals surface area (Å²) in [5, 5.41) is 3.95. The SMILES string of the molecule is COc1ccc(C(=O)c2ccsc2)c(OC)c1Cl. The van der Waals surface area contributed by atoms with E-state index in [1.165, 1.54) is 25.6 Å². The first-order valence-electron chi connectivity index (χ1n) is 5.16. The minimum Gasteiger partial charge on any atom is -0.495 e. The number of carbonyl (C=O) groups excluding carboxylic acids is 1. The summed E-state index contributed by atoms with van der Waals surface area (Å²) in [6, 6.07) is 5.08. The highest BCUT2D eigenvalue weighted by atomic mass is 35.5. The highest BCUT2D eigenvalue weighted by Gasteiger charge is 2.19. The Morgan fingerprint density at radius 2 is 2.00 bits per heavy atom. The highest BCUT2D eigenvalue weighted by molar-refractivity contribution is 7.08. The monoisotopic (exact) mass is 282 g/mol. The Hall–Kier alpha value is -1.52. The van der Waals surface area contributed by atoms with Crippen LogP contribution in [-0.2, 0) is 0 Å². The van der Waals surface area contributed by atoms with E-state index in [2.05, 4.69) is 0 Å². The molecule has 1 heterocycles. The molecule has 0 saturated heterocycles. The van der Waals surface area contributed by atoms with Gasteiger partial charge in [-0.1, -0.05) is 11.6 Å². The van der Waals surface area contributed by atoms with Crippen LogP contribution >= 0.6 is 22.9 Å². The third-order valence-corrected chi connectivity index (χ3v) is 3.55. The zero-order valence-electron chi connectivity index (χ0n) is 9.90. The van der Waals surface area contributed by atoms with Crippen LogP contribution in [0.3, 0.4) is 0 Å². The summed E-state index contributed by atoms with van der Waals surface area (Å²) in [6.45, 7) is 0. The highest BCUT2D eigenvalue weighted by Crippen LogP contribution is 2.37. The van der Waals surface area contributed by atoms with Crippen LogP contribution in [0.5, 0.6) is 11.5 Å². The van der Waals surface area contributed by atoms with Gasteiger partial charge in [-0.05, 0) is 23.6 Å². The van der Waals surface area contributed by atoms with Crippen molar-refractivity contribution < 1.29 is 14.3 Å². The van der Waals surface area contributed by atoms with Crippen LogP contribution in [0.15, 0.2) is 29.0 Å². The molecule has 0 aliphatic carbocycles. The van der Waals surface area contributed by atoms with Crippen molar-refractivity contribution in [1.29, 1.82) is 0 Å². The molecule has 0 amide bonds. The van der Waals surface area contributed by atoms with Gasteiger partial charge in [-0.15, -0.1) is 0 Å². The normalized spacial score (nSPS) is 10.2. The summed E-state index contributed by atoms with van der Waals surface area (Å²) in [5.74, 6) is 0.709. The number of thiophene rings is 1. The summed E-state index contributed by atoms with van der Waals surface area (Å²) < 4.78 is 10.3. The second-order valence-electron chi connectivity index (χ2n) is 3.50. The van der Waals surface area contributed by atoms with Crippen molar-refractivity contribution in [1.82, 2.24) is 0 Å². The van der Waals surface area contributed by atoms with Crippen LogP contribution in [0.4, 0.5) is 0 Å². The van der Waals surface area contributed by atoms with Gasteiger partial charge < -0.3 is 9.47 Å². The van der Waals surface area contributed by atoms with Gasteiger partial charge in [0.1, 0.15) is 10.8 Å². The van der Waals surface area contributed by atoms with Gasteiger partial charge in [-0.2, -0.15) is 11.3 Å². The predicted molar refractivity (Wildman–Crippen MR) is 72.3 cm³/mol. The average Bonchev–Trinajstić information content (AvgIpc) is 2.91. The standard InChI is InChI=1S/C13H11ClO3S/c1-16-10-4-3-9(13(17-2)11(10)14)12(15)8-5-6-18-7-8/h3-7H,1-2H3. The van der Waals surface area contributed by atoms with Gasteiger partial charge in [0, 0.05) is 10.9 Å². The topological polar surface area (TPSA) is 35.5 Å². The number of carbonyl (C=O) groups is 1. The Bertz CT molecular complexity index is 564. The van der Waals surface area contributed by atoms with E-state index in [0.717, 1.165) is 0 Å². The number of halogens is 1. The van der Waals surface area contributed by atoms with Gasteiger partial charge in [-0.25, -0.2) is 0 Å². The number of benzene rings is 1. The summed E-state index contributed by atoms with van der Waals surface area (Å²) in [6.07, 6.45) is 0. The van der Waals surface area contributed by atoms with Gasteiger partial charge in [-0.3, -0.25) is 4.79 Å². The van der Waals surface area contributed by atoms with Crippen molar-refractivity contribution in [2.45, 2.75) is 0 Å². The molecule has 94 valence electrons. The molecule has 0 bridgehead atoms. The summed E-state index contributed by atoms with van der Waals surface area (Å²) in [5.41, 5.74) is 1.06. The van der Waals surface area contributed by atoms with E-state index < -0.39 is 0 Å². The third kappa shape index (κ3) is 2.21. The molecule has 0 atom stereocenters. The van der Waals surface area contributed by atoms with Crippen molar-refractivity contribution >= 4 is 28.7 Å². The van der Waals surface area contributed by atoms with E-state index >= 15 is 0 Å². The number of ketones is 1. The first kappa shape index (κ1) is 12.9. The van der Waals surface area contributed by atoms with Crippen molar-refractivity contribution in [2.75, 3.05) is 14.2 Å². The Balaban J connectivity index is 2.52. The average molecular weight is 283 g/mol. The molecule has 2 aromatic rings. The van der Waals surface area contributed by atoms with E-state index in [0.29, 0.717) is 27.6 Å². The fourth-order valence-electron chi connectivity index (χ4n) is 1.62. The van der Waals surface area contributed by atoms with Crippen LogP contribution in [0.2, 0.25) is 5.02 Å². The Labute approximate surface area is 114 Å². The van der Waals surface area contributed by atoms with Crippen LogP contribution in [0.25, 0.3) is 0 Å². The maximum Gasteiger partial charge on any atom is 0.197 e. The van der Waals surface area contributed by atoms with Gasteiger partial charge in [0.15, 0.2) is 11.5 Å². The number of methoxy groups -OCH3 is 2. The molecular weight excluding hydrogens is 272 g/mol. The Morgan fingerprint density at radius 1 is 1.22 bits per heavy atom. The first-order chi connectivity index (χ1) is 8.69. The Kier molecular flexibility index (Phi) is 3.89. The lowest BCUT2D eigenvalue weighted by atomic mass is 10.0. The molecule has 3 nitrogen and oxygen atoms in total. The van der Waals surface area contributed by atoms with Crippen LogP contribution in [-0.4, -0.2) is 20.0 Å². The van der Waals surface area contributed by atoms with Crippen molar-refractivity contribution in [3.8, 4) is 11.5 Å².